The molecule has 0 radical (unpaired) electrons. The first kappa shape index (κ1) is 28.9. The van der Waals surface area contributed by atoms with Crippen molar-refractivity contribution < 1.29 is 27.6 Å². The third-order valence-corrected chi connectivity index (χ3v) is 7.11. The van der Waals surface area contributed by atoms with E-state index in [1.807, 2.05) is 44.2 Å². The van der Waals surface area contributed by atoms with Crippen LogP contribution in [0.25, 0.3) is 0 Å². The highest BCUT2D eigenvalue weighted by Crippen LogP contribution is 2.42. The van der Waals surface area contributed by atoms with Crippen LogP contribution < -0.4 is 10.6 Å². The van der Waals surface area contributed by atoms with Crippen molar-refractivity contribution in [2.45, 2.75) is 44.9 Å². The summed E-state index contributed by atoms with van der Waals surface area (Å²) in [5.74, 6) is -0.597. The lowest BCUT2D eigenvalue weighted by Gasteiger charge is -2.33. The molecule has 10 heteroatoms. The molecule has 0 saturated heterocycles. The number of hydrogen-bond acceptors (Lipinski definition) is 3. The predicted molar refractivity (Wildman–Crippen MR) is 145 cm³/mol. The lowest BCUT2D eigenvalue weighted by molar-refractivity contribution is -0.138. The first-order valence-electron chi connectivity index (χ1n) is 13.2. The van der Waals surface area contributed by atoms with E-state index in [1.165, 1.54) is 34.1 Å². The Kier molecular flexibility index (Phi) is 8.66. The summed E-state index contributed by atoms with van der Waals surface area (Å²) in [6.45, 7) is 8.11. The Morgan fingerprint density at radius 2 is 1.80 bits per heavy atom. The zero-order chi connectivity index (χ0) is 29.0. The van der Waals surface area contributed by atoms with Gasteiger partial charge in [0.15, 0.2) is 0 Å². The maximum atomic E-state index is 14.1. The number of nitrogens with zero attached hydrogens (tertiary/aromatic N) is 2. The van der Waals surface area contributed by atoms with Crippen molar-refractivity contribution in [3.05, 3.63) is 95.2 Å². The van der Waals surface area contributed by atoms with Crippen molar-refractivity contribution in [1.29, 1.82) is 0 Å². The minimum atomic E-state index is -4.70. The van der Waals surface area contributed by atoms with E-state index in [9.17, 15) is 27.6 Å². The van der Waals surface area contributed by atoms with Crippen LogP contribution in [0, 0.1) is 5.92 Å². The molecule has 40 heavy (non-hydrogen) atoms. The highest BCUT2D eigenvalue weighted by Gasteiger charge is 2.48. The zero-order valence-corrected chi connectivity index (χ0v) is 22.5. The van der Waals surface area contributed by atoms with Gasteiger partial charge in [0.05, 0.1) is 29.4 Å². The molecular weight excluding hydrogens is 521 g/mol. The van der Waals surface area contributed by atoms with Crippen LogP contribution in [0.15, 0.2) is 78.5 Å². The smallest absolute Gasteiger partial charge is 0.354 e. The molecule has 2 unspecified atom stereocenters. The average molecular weight is 555 g/mol. The van der Waals surface area contributed by atoms with Crippen LogP contribution in [0.3, 0.4) is 0 Å². The van der Waals surface area contributed by atoms with Gasteiger partial charge in [0.25, 0.3) is 5.91 Å². The molecule has 2 aromatic carbocycles. The summed E-state index contributed by atoms with van der Waals surface area (Å²) in [6, 6.07) is 11.2. The Bertz CT molecular complexity index is 1310. The fourth-order valence-electron chi connectivity index (χ4n) is 5.11. The van der Waals surface area contributed by atoms with Gasteiger partial charge in [-0.2, -0.15) is 13.2 Å². The van der Waals surface area contributed by atoms with E-state index in [2.05, 4.69) is 17.2 Å². The van der Waals surface area contributed by atoms with Crippen LogP contribution in [-0.2, 0) is 22.2 Å². The van der Waals surface area contributed by atoms with Crippen molar-refractivity contribution in [3.63, 3.8) is 0 Å². The molecular formula is C30H33F3N4O3. The number of carbonyl (C=O) groups is 3. The Morgan fingerprint density at radius 3 is 2.45 bits per heavy atom. The van der Waals surface area contributed by atoms with E-state index >= 15 is 0 Å². The number of hydrogen-bond donors (Lipinski definition) is 2. The van der Waals surface area contributed by atoms with Gasteiger partial charge < -0.3 is 15.5 Å². The molecule has 2 aliphatic heterocycles. The van der Waals surface area contributed by atoms with E-state index in [0.29, 0.717) is 12.5 Å². The number of amides is 4. The molecule has 0 saturated carbocycles. The number of benzene rings is 2. The normalized spacial score (nSPS) is 18.1. The summed E-state index contributed by atoms with van der Waals surface area (Å²) in [5.41, 5.74) is -0.0664. The molecule has 2 heterocycles. The van der Waals surface area contributed by atoms with E-state index in [0.717, 1.165) is 18.1 Å². The summed E-state index contributed by atoms with van der Waals surface area (Å²) in [5, 5.41) is 5.52. The van der Waals surface area contributed by atoms with Crippen molar-refractivity contribution in [2.75, 3.05) is 19.6 Å². The molecule has 0 spiro atoms. The molecule has 0 aromatic heterocycles. The van der Waals surface area contributed by atoms with Gasteiger partial charge in [-0.25, -0.2) is 4.79 Å². The number of carbonyl (C=O) groups excluding carboxylic acids is 3. The third-order valence-electron chi connectivity index (χ3n) is 7.11. The first-order valence-corrected chi connectivity index (χ1v) is 13.2. The topological polar surface area (TPSA) is 81.8 Å². The quantitative estimate of drug-likeness (QED) is 0.413. The van der Waals surface area contributed by atoms with Crippen molar-refractivity contribution in [1.82, 2.24) is 20.4 Å². The van der Waals surface area contributed by atoms with Gasteiger partial charge in [0.1, 0.15) is 6.04 Å². The molecule has 0 aliphatic carbocycles. The Hall–Kier alpha value is -4.08. The third kappa shape index (κ3) is 6.05. The predicted octanol–water partition coefficient (Wildman–Crippen LogP) is 4.83. The van der Waals surface area contributed by atoms with Crippen LogP contribution in [-0.4, -0.2) is 53.3 Å². The largest absolute Gasteiger partial charge is 0.416 e. The van der Waals surface area contributed by atoms with E-state index < -0.39 is 35.8 Å². The Balaban J connectivity index is 1.75. The second-order valence-electron chi connectivity index (χ2n) is 10.3. The summed E-state index contributed by atoms with van der Waals surface area (Å²) in [6.07, 6.45) is -2.28. The Morgan fingerprint density at radius 1 is 1.12 bits per heavy atom. The fraction of sp³-hybridized carbons (Fsp3) is 0.367. The summed E-state index contributed by atoms with van der Waals surface area (Å²) in [4.78, 5) is 43.3. The van der Waals surface area contributed by atoms with Crippen LogP contribution >= 0.6 is 0 Å². The molecule has 2 atom stereocenters. The summed E-state index contributed by atoms with van der Waals surface area (Å²) < 4.78 is 41.9. The van der Waals surface area contributed by atoms with Crippen molar-refractivity contribution in [2.24, 2.45) is 5.92 Å². The first-order chi connectivity index (χ1) is 19.0. The Labute approximate surface area is 231 Å². The maximum Gasteiger partial charge on any atom is 0.416 e. The lowest BCUT2D eigenvalue weighted by atomic mass is 9.91. The number of urea groups is 1. The minimum absolute atomic E-state index is 0.0196. The molecule has 7 nitrogen and oxygen atoms in total. The van der Waals surface area contributed by atoms with Crippen LogP contribution in [0.1, 0.15) is 43.0 Å². The molecule has 4 amide bonds. The molecule has 2 aromatic rings. The SMILES string of the molecule is C=CCN1C(=O)NC(c2ccccc2C(F)(F)F)C2=C1CN(C(Cc1ccccc1)C(=O)NCCC(C)C)C2=O. The lowest BCUT2D eigenvalue weighted by Crippen LogP contribution is -2.50. The van der Waals surface area contributed by atoms with Gasteiger partial charge in [-0.05, 0) is 29.5 Å². The molecule has 0 fully saturated rings. The van der Waals surface area contributed by atoms with E-state index in [1.54, 1.807) is 0 Å². The molecule has 0 bridgehead atoms. The van der Waals surface area contributed by atoms with Gasteiger partial charge in [-0.15, -0.1) is 6.58 Å². The average Bonchev–Trinajstić information content (AvgIpc) is 3.25. The van der Waals surface area contributed by atoms with E-state index in [-0.39, 0.29) is 42.3 Å². The minimum Gasteiger partial charge on any atom is -0.354 e. The standard InChI is InChI=1S/C30H33F3N4O3/c1-4-16-36-24-18-37(23(17-20-10-6-5-7-11-20)27(38)34-15-14-19(2)3)28(39)25(24)26(35-29(36)40)21-12-8-9-13-22(21)30(31,32)33/h4-13,19,23,26H,1,14-18H2,2-3H3,(H,34,38)(H,35,40). The summed E-state index contributed by atoms with van der Waals surface area (Å²) >= 11 is 0. The molecule has 212 valence electrons. The number of rotatable bonds is 10. The van der Waals surface area contributed by atoms with Crippen molar-refractivity contribution in [3.8, 4) is 0 Å². The van der Waals surface area contributed by atoms with Gasteiger partial charge in [0, 0.05) is 19.5 Å². The van der Waals surface area contributed by atoms with Crippen molar-refractivity contribution >= 4 is 17.8 Å². The monoisotopic (exact) mass is 554 g/mol. The molecule has 2 aliphatic rings. The van der Waals surface area contributed by atoms with E-state index in [4.69, 9.17) is 0 Å². The van der Waals surface area contributed by atoms with Gasteiger partial charge >= 0.3 is 12.2 Å². The van der Waals surface area contributed by atoms with Crippen LogP contribution in [0.5, 0.6) is 0 Å². The van der Waals surface area contributed by atoms with Gasteiger partial charge in [-0.3, -0.25) is 14.5 Å². The fourth-order valence-corrected chi connectivity index (χ4v) is 5.11. The number of halogens is 3. The summed E-state index contributed by atoms with van der Waals surface area (Å²) in [7, 11) is 0. The number of nitrogens with one attached hydrogen (secondary N) is 2. The maximum absolute atomic E-state index is 14.1. The molecule has 4 rings (SSSR count). The molecule has 2 N–H and O–H groups in total. The van der Waals surface area contributed by atoms with Crippen LogP contribution in [0.2, 0.25) is 0 Å². The second-order valence-corrected chi connectivity index (χ2v) is 10.3. The van der Waals surface area contributed by atoms with Gasteiger partial charge in [-0.1, -0.05) is 68.5 Å². The van der Waals surface area contributed by atoms with Gasteiger partial charge in [0.2, 0.25) is 5.91 Å². The highest BCUT2D eigenvalue weighted by molar-refractivity contribution is 6.03. The highest BCUT2D eigenvalue weighted by atomic mass is 19.4. The number of alkyl halides is 3. The van der Waals surface area contributed by atoms with Crippen LogP contribution in [0.4, 0.5) is 18.0 Å². The second kappa shape index (κ2) is 12.0. The zero-order valence-electron chi connectivity index (χ0n) is 22.5.